The average Bonchev–Trinajstić information content (AvgIpc) is 3.48. The molecule has 6 aromatic carbocycles. The quantitative estimate of drug-likeness (QED) is 0.200. The lowest BCUT2D eigenvalue weighted by Gasteiger charge is -2.25. The monoisotopic (exact) mass is 561 g/mol. The highest BCUT2D eigenvalue weighted by Gasteiger charge is 2.37. The smallest absolute Gasteiger partial charge is 0.165 e. The first-order valence-corrected chi connectivity index (χ1v) is 15.3. The van der Waals surface area contributed by atoms with Crippen molar-refractivity contribution in [1.29, 1.82) is 0 Å². The van der Waals surface area contributed by atoms with Crippen LogP contribution in [-0.4, -0.2) is 14.5 Å². The number of benzene rings is 6. The van der Waals surface area contributed by atoms with E-state index in [0.717, 1.165) is 33.6 Å². The van der Waals surface area contributed by atoms with E-state index in [1.54, 1.807) is 0 Å². The third-order valence-electron chi connectivity index (χ3n) is 9.90. The van der Waals surface area contributed by atoms with E-state index in [0.29, 0.717) is 0 Å². The number of hydrogen-bond acceptors (Lipinski definition) is 2. The van der Waals surface area contributed by atoms with Crippen LogP contribution in [0.15, 0.2) is 127 Å². The fourth-order valence-corrected chi connectivity index (χ4v) is 8.02. The van der Waals surface area contributed by atoms with E-state index in [9.17, 15) is 0 Å². The Morgan fingerprint density at radius 3 is 2.05 bits per heavy atom. The lowest BCUT2D eigenvalue weighted by atomic mass is 9.78. The summed E-state index contributed by atoms with van der Waals surface area (Å²) in [5.41, 5.74) is 16.4. The van der Waals surface area contributed by atoms with Gasteiger partial charge in [-0.1, -0.05) is 111 Å². The van der Waals surface area contributed by atoms with Crippen molar-refractivity contribution in [3.8, 4) is 50.5 Å². The summed E-state index contributed by atoms with van der Waals surface area (Å²) < 4.78 is 2.35. The van der Waals surface area contributed by atoms with Gasteiger partial charge in [0, 0.05) is 27.3 Å². The van der Waals surface area contributed by atoms with Gasteiger partial charge < -0.3 is 0 Å². The molecule has 10 rings (SSSR count). The maximum atomic E-state index is 5.29. The van der Waals surface area contributed by atoms with Crippen molar-refractivity contribution in [3.63, 3.8) is 0 Å². The van der Waals surface area contributed by atoms with Gasteiger partial charge >= 0.3 is 0 Å². The van der Waals surface area contributed by atoms with Gasteiger partial charge in [-0.25, -0.2) is 9.97 Å². The van der Waals surface area contributed by atoms with Crippen LogP contribution in [0.1, 0.15) is 25.0 Å². The zero-order valence-electron chi connectivity index (χ0n) is 24.5. The molecule has 3 heteroatoms. The van der Waals surface area contributed by atoms with Crippen molar-refractivity contribution >= 4 is 32.8 Å². The fourth-order valence-electron chi connectivity index (χ4n) is 8.02. The first-order valence-electron chi connectivity index (χ1n) is 15.3. The predicted molar refractivity (Wildman–Crippen MR) is 181 cm³/mol. The summed E-state index contributed by atoms with van der Waals surface area (Å²) in [5, 5.41) is 2.46. The molecule has 0 unspecified atom stereocenters. The second kappa shape index (κ2) is 8.30. The molecule has 2 aliphatic rings. The van der Waals surface area contributed by atoms with Crippen molar-refractivity contribution in [1.82, 2.24) is 14.5 Å². The minimum Gasteiger partial charge on any atom is -0.291 e. The predicted octanol–water partition coefficient (Wildman–Crippen LogP) is 10.3. The molecule has 0 atom stereocenters. The Hall–Kier alpha value is -5.54. The van der Waals surface area contributed by atoms with E-state index in [1.807, 2.05) is 12.1 Å². The minimum absolute atomic E-state index is 0.109. The number of fused-ring (bicyclic) bond motifs is 12. The van der Waals surface area contributed by atoms with Gasteiger partial charge in [-0.15, -0.1) is 0 Å². The molecule has 206 valence electrons. The number of aromatic nitrogens is 3. The van der Waals surface area contributed by atoms with E-state index < -0.39 is 0 Å². The van der Waals surface area contributed by atoms with Crippen LogP contribution >= 0.6 is 0 Å². The molecule has 3 heterocycles. The van der Waals surface area contributed by atoms with E-state index in [-0.39, 0.29) is 5.41 Å². The number of para-hydroxylation sites is 3. The number of rotatable bonds is 1. The van der Waals surface area contributed by atoms with Crippen LogP contribution in [0.3, 0.4) is 0 Å². The largest absolute Gasteiger partial charge is 0.291 e. The second-order valence-corrected chi connectivity index (χ2v) is 12.6. The summed E-state index contributed by atoms with van der Waals surface area (Å²) in [6.07, 6.45) is 0. The molecule has 1 aliphatic heterocycles. The molecule has 0 saturated carbocycles. The number of nitrogens with zero attached hydrogens (tertiary/aromatic N) is 3. The molecule has 0 spiro atoms. The van der Waals surface area contributed by atoms with E-state index in [2.05, 4.69) is 134 Å². The van der Waals surface area contributed by atoms with Gasteiger partial charge in [-0.05, 0) is 69.3 Å². The highest BCUT2D eigenvalue weighted by atomic mass is 15.1. The summed E-state index contributed by atoms with van der Waals surface area (Å²) in [4.78, 5) is 10.6. The maximum absolute atomic E-state index is 5.29. The van der Waals surface area contributed by atoms with Crippen LogP contribution in [0.5, 0.6) is 0 Å². The van der Waals surface area contributed by atoms with Gasteiger partial charge in [-0.3, -0.25) is 4.57 Å². The summed E-state index contributed by atoms with van der Waals surface area (Å²) in [5.74, 6) is 0.881. The summed E-state index contributed by atoms with van der Waals surface area (Å²) >= 11 is 0. The van der Waals surface area contributed by atoms with Gasteiger partial charge in [0.25, 0.3) is 0 Å². The molecular formula is C41H27N3. The van der Waals surface area contributed by atoms with Gasteiger partial charge in [0.05, 0.1) is 22.1 Å². The van der Waals surface area contributed by atoms with Crippen LogP contribution in [0.2, 0.25) is 0 Å². The summed E-state index contributed by atoms with van der Waals surface area (Å²) in [6, 6.07) is 46.2. The lowest BCUT2D eigenvalue weighted by molar-refractivity contribution is 0.662. The Morgan fingerprint density at radius 1 is 0.523 bits per heavy atom. The molecule has 0 radical (unpaired) electrons. The van der Waals surface area contributed by atoms with Gasteiger partial charge in [0.15, 0.2) is 5.82 Å². The van der Waals surface area contributed by atoms with Crippen molar-refractivity contribution < 1.29 is 0 Å². The Bertz CT molecular complexity index is 2530. The first kappa shape index (κ1) is 24.0. The van der Waals surface area contributed by atoms with Gasteiger partial charge in [-0.2, -0.15) is 0 Å². The van der Waals surface area contributed by atoms with Gasteiger partial charge in [0.1, 0.15) is 5.69 Å². The third kappa shape index (κ3) is 2.96. The summed E-state index contributed by atoms with van der Waals surface area (Å²) in [7, 11) is 0. The lowest BCUT2D eigenvalue weighted by Crippen LogP contribution is -2.16. The molecule has 1 aliphatic carbocycles. The van der Waals surface area contributed by atoms with Crippen LogP contribution in [0.25, 0.3) is 83.3 Å². The SMILES string of the molecule is CC1(C)c2ccccc2-c2cccc(-c3cc4c5c(c3)c3ccccc3n5-c3nc5ccccc5nc3-c3ccccc3-4)c21. The van der Waals surface area contributed by atoms with Crippen molar-refractivity contribution in [3.05, 3.63) is 139 Å². The Labute approximate surface area is 255 Å². The second-order valence-electron chi connectivity index (χ2n) is 12.6. The highest BCUT2D eigenvalue weighted by Crippen LogP contribution is 2.53. The zero-order valence-corrected chi connectivity index (χ0v) is 24.5. The van der Waals surface area contributed by atoms with E-state index in [4.69, 9.17) is 9.97 Å². The molecule has 0 amide bonds. The van der Waals surface area contributed by atoms with Crippen molar-refractivity contribution in [2.45, 2.75) is 19.3 Å². The molecular weight excluding hydrogens is 534 g/mol. The Morgan fingerprint density at radius 2 is 1.18 bits per heavy atom. The molecule has 3 nitrogen and oxygen atoms in total. The average molecular weight is 562 g/mol. The van der Waals surface area contributed by atoms with Crippen molar-refractivity contribution in [2.24, 2.45) is 0 Å². The molecule has 0 saturated heterocycles. The molecule has 0 fully saturated rings. The molecule has 8 aromatic rings. The zero-order chi connectivity index (χ0) is 29.2. The Kier molecular flexibility index (Phi) is 4.52. The van der Waals surface area contributed by atoms with Crippen molar-refractivity contribution in [2.75, 3.05) is 0 Å². The Balaban J connectivity index is 1.37. The number of hydrogen-bond donors (Lipinski definition) is 0. The summed E-state index contributed by atoms with van der Waals surface area (Å²) in [6.45, 7) is 4.74. The maximum Gasteiger partial charge on any atom is 0.165 e. The van der Waals surface area contributed by atoms with Crippen LogP contribution in [0.4, 0.5) is 0 Å². The molecule has 2 aromatic heterocycles. The highest BCUT2D eigenvalue weighted by molar-refractivity contribution is 6.17. The van der Waals surface area contributed by atoms with E-state index in [1.165, 1.54) is 60.8 Å². The first-order chi connectivity index (χ1) is 21.6. The molecule has 44 heavy (non-hydrogen) atoms. The van der Waals surface area contributed by atoms with Crippen LogP contribution < -0.4 is 0 Å². The van der Waals surface area contributed by atoms with Crippen LogP contribution in [-0.2, 0) is 5.41 Å². The molecule has 0 bridgehead atoms. The topological polar surface area (TPSA) is 30.7 Å². The molecule has 0 N–H and O–H groups in total. The normalized spacial score (nSPS) is 13.9. The minimum atomic E-state index is -0.109. The van der Waals surface area contributed by atoms with E-state index >= 15 is 0 Å². The van der Waals surface area contributed by atoms with Gasteiger partial charge in [0.2, 0.25) is 0 Å². The third-order valence-corrected chi connectivity index (χ3v) is 9.90. The van der Waals surface area contributed by atoms with Crippen LogP contribution in [0, 0.1) is 0 Å². The fraction of sp³-hybridized carbons (Fsp3) is 0.0732. The standard InChI is InChI=1S/C41H27N3/c1-41(2)33-18-7-5-13-27(33)29-17-11-16-25(37(29)41)24-22-31-26-12-3-4-15-30(26)38-40(43-35-20-9-8-19-34(35)42-38)44-36-21-10-6-14-28(36)32(23-24)39(31)44/h3-23H,1-2H3.